The number of esters is 1. The Hall–Kier alpha value is -2.77. The van der Waals surface area contributed by atoms with Crippen LogP contribution >= 0.6 is 27.3 Å². The second-order valence-electron chi connectivity index (χ2n) is 7.44. The van der Waals surface area contributed by atoms with Crippen molar-refractivity contribution in [1.29, 1.82) is 0 Å². The molecule has 0 amide bonds. The fourth-order valence-electron chi connectivity index (χ4n) is 3.96. The van der Waals surface area contributed by atoms with Gasteiger partial charge >= 0.3 is 5.97 Å². The van der Waals surface area contributed by atoms with Crippen LogP contribution in [0.3, 0.4) is 0 Å². The minimum Gasteiger partial charge on any atom is -0.457 e. The summed E-state index contributed by atoms with van der Waals surface area (Å²) in [4.78, 5) is 31.2. The summed E-state index contributed by atoms with van der Waals surface area (Å²) < 4.78 is 6.64. The first kappa shape index (κ1) is 21.5. The van der Waals surface area contributed by atoms with E-state index in [9.17, 15) is 9.59 Å². The zero-order valence-corrected chi connectivity index (χ0v) is 19.8. The molecule has 5 nitrogen and oxygen atoms in total. The van der Waals surface area contributed by atoms with Crippen molar-refractivity contribution in [2.75, 3.05) is 0 Å². The van der Waals surface area contributed by atoms with E-state index in [0.29, 0.717) is 16.8 Å². The van der Waals surface area contributed by atoms with Crippen molar-refractivity contribution in [2.24, 2.45) is 0 Å². The molecule has 0 aliphatic carbocycles. The molecule has 0 radical (unpaired) electrons. The number of aromatic nitrogens is 1. The van der Waals surface area contributed by atoms with Crippen LogP contribution in [0, 0.1) is 0 Å². The van der Waals surface area contributed by atoms with Crippen LogP contribution in [0.1, 0.15) is 37.8 Å². The van der Waals surface area contributed by atoms with E-state index in [1.165, 1.54) is 18.3 Å². The second kappa shape index (κ2) is 8.77. The number of ether oxygens (including phenoxy) is 1. The number of carbonyl (C=O) groups excluding carboxylic acids is 2. The molecule has 1 aromatic carbocycles. The highest BCUT2D eigenvalue weighted by atomic mass is 79.9. The van der Waals surface area contributed by atoms with Gasteiger partial charge in [-0.15, -0.1) is 11.3 Å². The number of hydrogen-bond acceptors (Lipinski definition) is 6. The van der Waals surface area contributed by atoms with Gasteiger partial charge in [-0.3, -0.25) is 4.79 Å². The molecular formula is C24H21BrN2O3S. The Labute approximate surface area is 193 Å². The summed E-state index contributed by atoms with van der Waals surface area (Å²) in [7, 11) is 0. The van der Waals surface area contributed by atoms with E-state index in [-0.39, 0.29) is 12.4 Å². The third-order valence-corrected chi connectivity index (χ3v) is 6.78. The van der Waals surface area contributed by atoms with Gasteiger partial charge in [0.15, 0.2) is 5.78 Å². The molecule has 1 N–H and O–H groups in total. The largest absolute Gasteiger partial charge is 0.457 e. The third kappa shape index (κ3) is 4.20. The molecule has 0 spiro atoms. The minimum atomic E-state index is -0.505. The standard InChI is InChI=1S/C24H21BrN2O3S/c1-13-20(15(3)28)22(19-12-31-23-18(19)5-4-10-26-23)21(14(2)27-13)24(29)30-11-16-6-8-17(25)9-7-16/h4-10,12,22,27H,11H2,1-3H3. The molecule has 7 heteroatoms. The van der Waals surface area contributed by atoms with Crippen LogP contribution in [0.25, 0.3) is 10.2 Å². The lowest BCUT2D eigenvalue weighted by molar-refractivity contribution is -0.140. The SMILES string of the molecule is CC(=O)C1=C(C)NC(C)=C(C(=O)OCc2ccc(Br)cc2)C1c1csc2ncccc12. The van der Waals surface area contributed by atoms with E-state index in [1.807, 2.05) is 55.6 Å². The lowest BCUT2D eigenvalue weighted by atomic mass is 9.79. The number of fused-ring (bicyclic) bond motifs is 1. The van der Waals surface area contributed by atoms with E-state index in [0.717, 1.165) is 31.5 Å². The van der Waals surface area contributed by atoms with Crippen LogP contribution in [0.15, 0.2) is 75.0 Å². The summed E-state index contributed by atoms with van der Waals surface area (Å²) in [5.74, 6) is -1.02. The number of ketones is 1. The Morgan fingerprint density at radius 2 is 1.84 bits per heavy atom. The molecule has 3 aromatic rings. The van der Waals surface area contributed by atoms with E-state index >= 15 is 0 Å². The Balaban J connectivity index is 1.75. The number of rotatable bonds is 5. The van der Waals surface area contributed by atoms with Gasteiger partial charge in [-0.25, -0.2) is 9.78 Å². The molecule has 0 saturated heterocycles. The molecular weight excluding hydrogens is 476 g/mol. The molecule has 1 aliphatic heterocycles. The number of hydrogen-bond donors (Lipinski definition) is 1. The number of dihydropyridines is 1. The number of nitrogens with one attached hydrogen (secondary N) is 1. The zero-order valence-electron chi connectivity index (χ0n) is 17.4. The summed E-state index contributed by atoms with van der Waals surface area (Å²) in [6.07, 6.45) is 1.74. The van der Waals surface area contributed by atoms with Crippen molar-refractivity contribution in [3.8, 4) is 0 Å². The van der Waals surface area contributed by atoms with E-state index in [4.69, 9.17) is 4.74 Å². The number of allylic oxidation sites excluding steroid dienone is 3. The Morgan fingerprint density at radius 1 is 1.13 bits per heavy atom. The van der Waals surface area contributed by atoms with E-state index in [2.05, 4.69) is 26.2 Å². The van der Waals surface area contributed by atoms with Crippen LogP contribution in [-0.4, -0.2) is 16.7 Å². The molecule has 158 valence electrons. The fourth-order valence-corrected chi connectivity index (χ4v) is 5.16. The molecule has 0 bridgehead atoms. The second-order valence-corrected chi connectivity index (χ2v) is 9.22. The smallest absolute Gasteiger partial charge is 0.337 e. The zero-order chi connectivity index (χ0) is 22.1. The maximum atomic E-state index is 13.3. The van der Waals surface area contributed by atoms with Crippen LogP contribution < -0.4 is 5.32 Å². The van der Waals surface area contributed by atoms with Crippen LogP contribution in [0.4, 0.5) is 0 Å². The maximum Gasteiger partial charge on any atom is 0.337 e. The van der Waals surface area contributed by atoms with Crippen LogP contribution in [0.5, 0.6) is 0 Å². The average Bonchev–Trinajstić information content (AvgIpc) is 3.16. The lowest BCUT2D eigenvalue weighted by Gasteiger charge is -2.30. The van der Waals surface area contributed by atoms with Crippen LogP contribution in [-0.2, 0) is 20.9 Å². The summed E-state index contributed by atoms with van der Waals surface area (Å²) in [5, 5.41) is 6.13. The van der Waals surface area contributed by atoms with Gasteiger partial charge in [0.1, 0.15) is 11.4 Å². The summed E-state index contributed by atoms with van der Waals surface area (Å²) >= 11 is 4.91. The minimum absolute atomic E-state index is 0.0797. The number of nitrogens with zero attached hydrogens (tertiary/aromatic N) is 1. The van der Waals surface area contributed by atoms with Crippen molar-refractivity contribution in [3.63, 3.8) is 0 Å². The molecule has 3 heterocycles. The maximum absolute atomic E-state index is 13.3. The fraction of sp³-hybridized carbons (Fsp3) is 0.208. The van der Waals surface area contributed by atoms with Gasteiger partial charge in [0.25, 0.3) is 0 Å². The Bertz CT molecular complexity index is 1240. The number of thiophene rings is 1. The van der Waals surface area contributed by atoms with Crippen molar-refractivity contribution in [3.05, 3.63) is 86.1 Å². The van der Waals surface area contributed by atoms with Crippen molar-refractivity contribution in [1.82, 2.24) is 10.3 Å². The molecule has 1 aliphatic rings. The van der Waals surface area contributed by atoms with Crippen molar-refractivity contribution >= 4 is 49.2 Å². The predicted molar refractivity (Wildman–Crippen MR) is 126 cm³/mol. The van der Waals surface area contributed by atoms with Crippen LogP contribution in [0.2, 0.25) is 0 Å². The number of Topliss-reactive ketones (excluding diaryl/α,β-unsaturated/α-hetero) is 1. The highest BCUT2D eigenvalue weighted by Crippen LogP contribution is 2.43. The molecule has 31 heavy (non-hydrogen) atoms. The number of benzene rings is 1. The van der Waals surface area contributed by atoms with E-state index < -0.39 is 11.9 Å². The van der Waals surface area contributed by atoms with Gasteiger partial charge in [-0.05, 0) is 55.5 Å². The average molecular weight is 497 g/mol. The van der Waals surface area contributed by atoms with Crippen molar-refractivity contribution in [2.45, 2.75) is 33.3 Å². The van der Waals surface area contributed by atoms with Gasteiger partial charge in [0.05, 0.1) is 5.57 Å². The first-order valence-corrected chi connectivity index (χ1v) is 11.5. The molecule has 0 saturated carbocycles. The summed E-state index contributed by atoms with van der Waals surface area (Å²) in [6, 6.07) is 11.5. The van der Waals surface area contributed by atoms with E-state index in [1.54, 1.807) is 6.20 Å². The molecule has 2 aromatic heterocycles. The van der Waals surface area contributed by atoms with Gasteiger partial charge in [-0.2, -0.15) is 0 Å². The molecule has 1 unspecified atom stereocenters. The van der Waals surface area contributed by atoms with Gasteiger partial charge in [-0.1, -0.05) is 34.1 Å². The Kier molecular flexibility index (Phi) is 6.07. The first-order valence-electron chi connectivity index (χ1n) is 9.80. The summed E-state index contributed by atoms with van der Waals surface area (Å²) in [5.41, 5.74) is 4.26. The quantitative estimate of drug-likeness (QED) is 0.463. The lowest BCUT2D eigenvalue weighted by Crippen LogP contribution is -2.31. The molecule has 4 rings (SSSR count). The highest BCUT2D eigenvalue weighted by Gasteiger charge is 2.37. The molecule has 0 fully saturated rings. The van der Waals surface area contributed by atoms with Gasteiger partial charge in [0, 0.05) is 38.9 Å². The normalized spacial score (nSPS) is 16.5. The third-order valence-electron chi connectivity index (χ3n) is 5.33. The summed E-state index contributed by atoms with van der Waals surface area (Å²) in [6.45, 7) is 5.39. The highest BCUT2D eigenvalue weighted by molar-refractivity contribution is 9.10. The van der Waals surface area contributed by atoms with Crippen molar-refractivity contribution < 1.29 is 14.3 Å². The first-order chi connectivity index (χ1) is 14.9. The predicted octanol–water partition coefficient (Wildman–Crippen LogP) is 5.63. The monoisotopic (exact) mass is 496 g/mol. The van der Waals surface area contributed by atoms with Gasteiger partial charge < -0.3 is 10.1 Å². The molecule has 1 atom stereocenters. The Morgan fingerprint density at radius 3 is 2.55 bits per heavy atom. The number of carbonyl (C=O) groups is 2. The number of halogens is 1. The van der Waals surface area contributed by atoms with Gasteiger partial charge in [0.2, 0.25) is 0 Å². The number of pyridine rings is 1. The topological polar surface area (TPSA) is 68.3 Å².